The average Bonchev–Trinajstić information content (AvgIpc) is 1.96. The van der Waals surface area contributed by atoms with Crippen molar-refractivity contribution < 1.29 is 0 Å². The summed E-state index contributed by atoms with van der Waals surface area (Å²) in [6, 6.07) is 1.72. The predicted octanol–water partition coefficient (Wildman–Crippen LogP) is -1.31. The lowest BCUT2D eigenvalue weighted by Gasteiger charge is -1.68. The van der Waals surface area contributed by atoms with Crippen molar-refractivity contribution in [1.29, 1.82) is 0 Å². The van der Waals surface area contributed by atoms with Crippen LogP contribution >= 0.6 is 0 Å². The Labute approximate surface area is 46.7 Å². The van der Waals surface area contributed by atoms with Gasteiger partial charge in [0, 0.05) is 0 Å². The molecular weight excluding hydrogens is 106 g/mol. The molecule has 0 bridgehead atoms. The highest BCUT2D eigenvalue weighted by Gasteiger charge is 1.60. The van der Waals surface area contributed by atoms with Crippen LogP contribution in [-0.4, -0.2) is 15.4 Å². The molecule has 5 nitrogen and oxygen atoms in total. The van der Waals surface area contributed by atoms with Crippen molar-refractivity contribution in [2.75, 3.05) is 0 Å². The zero-order chi connectivity index (χ0) is 6.24. The molecule has 0 atom stereocenters. The van der Waals surface area contributed by atoms with Crippen LogP contribution in [0.1, 0.15) is 0 Å². The summed E-state index contributed by atoms with van der Waals surface area (Å²) in [4.78, 5) is 0. The molecule has 0 fully saturated rings. The topological polar surface area (TPSA) is 90.7 Å². The van der Waals surface area contributed by atoms with Crippen LogP contribution < -0.4 is 11.7 Å². The van der Waals surface area contributed by atoms with E-state index in [4.69, 9.17) is 0 Å². The third-order valence-corrected chi connectivity index (χ3v) is 0.409. The van der Waals surface area contributed by atoms with Gasteiger partial charge in [0.15, 0.2) is 0 Å². The first-order chi connectivity index (χ1) is 4.00. The summed E-state index contributed by atoms with van der Waals surface area (Å²) < 4.78 is 0. The number of hydrogen-bond acceptors (Lipinski definition) is 5. The van der Waals surface area contributed by atoms with E-state index in [9.17, 15) is 0 Å². The van der Waals surface area contributed by atoms with Gasteiger partial charge < -0.3 is 0 Å². The zero-order valence-electron chi connectivity index (χ0n) is 4.23. The molecule has 1 heterocycles. The van der Waals surface area contributed by atoms with Crippen molar-refractivity contribution in [2.45, 2.75) is 0 Å². The van der Waals surface area contributed by atoms with E-state index in [2.05, 4.69) is 27.1 Å². The van der Waals surface area contributed by atoms with Crippen LogP contribution in [0.5, 0.6) is 0 Å². The molecule has 0 aliphatic heterocycles. The van der Waals surface area contributed by atoms with Gasteiger partial charge in [0.1, 0.15) is 0 Å². The van der Waals surface area contributed by atoms with Gasteiger partial charge in [-0.25, -0.2) is 0 Å². The van der Waals surface area contributed by atoms with Gasteiger partial charge in [-0.2, -0.15) is 0 Å². The maximum atomic E-state index is 4.00. The molecule has 1 rings (SSSR count). The normalized spacial score (nSPS) is 6.75. The maximum absolute atomic E-state index is 4.00. The van der Waals surface area contributed by atoms with Gasteiger partial charge in [0.2, 0.25) is 0 Å². The Hall–Kier alpha value is -1.07. The lowest BCUT2D eigenvalue weighted by atomic mass is 10.7. The highest BCUT2D eigenvalue weighted by atomic mass is 15.3. The van der Waals surface area contributed by atoms with E-state index in [1.807, 2.05) is 0 Å². The fourth-order valence-electron chi connectivity index (χ4n) is 0.205. The van der Waals surface area contributed by atoms with Gasteiger partial charge in [0.05, 0.1) is 12.4 Å². The third-order valence-electron chi connectivity index (χ3n) is 0.409. The Kier molecular flexibility index (Phi) is 5.14. The fourth-order valence-corrected chi connectivity index (χ4v) is 0.205. The van der Waals surface area contributed by atoms with Crippen molar-refractivity contribution in [1.82, 2.24) is 15.4 Å². The predicted molar refractivity (Wildman–Crippen MR) is 28.2 cm³/mol. The van der Waals surface area contributed by atoms with Crippen LogP contribution in [0.2, 0.25) is 0 Å². The van der Waals surface area contributed by atoms with Crippen LogP contribution in [0.15, 0.2) is 18.5 Å². The Bertz CT molecular complexity index is 79.6. The summed E-state index contributed by atoms with van der Waals surface area (Å²) in [5, 5.41) is 10.1. The molecule has 0 aromatic carbocycles. The molecule has 1 aromatic rings. The van der Waals surface area contributed by atoms with Gasteiger partial charge >= 0.3 is 0 Å². The standard InChI is InChI=1S/C3H3N3.H4N2/c1-2-4-6-5-3-1;1-2/h1-3H;1-2H2. The second kappa shape index (κ2) is 5.93. The van der Waals surface area contributed by atoms with Crippen LogP contribution in [0, 0.1) is 0 Å². The molecule has 0 saturated heterocycles. The van der Waals surface area contributed by atoms with Gasteiger partial charge in [-0.3, -0.25) is 11.7 Å². The van der Waals surface area contributed by atoms with Crippen molar-refractivity contribution >= 4 is 0 Å². The SMILES string of the molecule is NN.c1cnnnc1. The van der Waals surface area contributed by atoms with Gasteiger partial charge in [-0.1, -0.05) is 0 Å². The highest BCUT2D eigenvalue weighted by molar-refractivity contribution is 4.69. The number of aromatic nitrogens is 3. The third kappa shape index (κ3) is 3.13. The quantitative estimate of drug-likeness (QED) is 0.322. The summed E-state index contributed by atoms with van der Waals surface area (Å²) in [5.41, 5.74) is 0. The van der Waals surface area contributed by atoms with E-state index in [0.29, 0.717) is 0 Å². The molecular formula is C3H7N5. The second-order valence-corrected chi connectivity index (χ2v) is 0.811. The minimum atomic E-state index is 1.58. The zero-order valence-corrected chi connectivity index (χ0v) is 4.23. The Morgan fingerprint density at radius 3 is 1.62 bits per heavy atom. The summed E-state index contributed by atoms with van der Waals surface area (Å²) in [6.45, 7) is 0. The van der Waals surface area contributed by atoms with E-state index in [1.54, 1.807) is 18.5 Å². The van der Waals surface area contributed by atoms with E-state index in [0.717, 1.165) is 0 Å². The molecule has 0 unspecified atom stereocenters. The Morgan fingerprint density at radius 2 is 1.50 bits per heavy atom. The molecule has 4 N–H and O–H groups in total. The van der Waals surface area contributed by atoms with E-state index < -0.39 is 0 Å². The molecule has 0 spiro atoms. The first kappa shape index (κ1) is 6.93. The minimum absolute atomic E-state index is 1.58. The molecule has 8 heavy (non-hydrogen) atoms. The van der Waals surface area contributed by atoms with E-state index >= 15 is 0 Å². The number of rotatable bonds is 0. The number of nitrogens with zero attached hydrogens (tertiary/aromatic N) is 3. The van der Waals surface area contributed by atoms with Crippen LogP contribution in [0.25, 0.3) is 0 Å². The van der Waals surface area contributed by atoms with E-state index in [1.165, 1.54) is 0 Å². The number of hydrazine groups is 1. The molecule has 44 valence electrons. The maximum Gasteiger partial charge on any atom is 0.0529 e. The number of nitrogens with two attached hydrogens (primary N) is 2. The lowest BCUT2D eigenvalue weighted by molar-refractivity contribution is 0.865. The Morgan fingerprint density at radius 1 is 1.00 bits per heavy atom. The van der Waals surface area contributed by atoms with Crippen molar-refractivity contribution in [3.63, 3.8) is 0 Å². The lowest BCUT2D eigenvalue weighted by Crippen LogP contribution is -2.02. The largest absolute Gasteiger partial charge is 0.274 e. The van der Waals surface area contributed by atoms with Crippen LogP contribution in [0.4, 0.5) is 0 Å². The molecule has 0 saturated carbocycles. The molecule has 0 aliphatic carbocycles. The summed E-state index contributed by atoms with van der Waals surface area (Å²) >= 11 is 0. The number of hydrogen-bond donors (Lipinski definition) is 2. The summed E-state index contributed by atoms with van der Waals surface area (Å²) in [7, 11) is 0. The van der Waals surface area contributed by atoms with Crippen molar-refractivity contribution in [2.24, 2.45) is 11.7 Å². The van der Waals surface area contributed by atoms with Gasteiger partial charge in [-0.05, 0) is 11.3 Å². The van der Waals surface area contributed by atoms with Crippen molar-refractivity contribution in [3.05, 3.63) is 18.5 Å². The molecule has 0 aliphatic rings. The van der Waals surface area contributed by atoms with Crippen molar-refractivity contribution in [3.8, 4) is 0 Å². The monoisotopic (exact) mass is 113 g/mol. The summed E-state index contributed by atoms with van der Waals surface area (Å²) in [6.07, 6.45) is 3.15. The smallest absolute Gasteiger partial charge is 0.0529 e. The second-order valence-electron chi connectivity index (χ2n) is 0.811. The molecule has 0 amide bonds. The highest BCUT2D eigenvalue weighted by Crippen LogP contribution is 1.61. The van der Waals surface area contributed by atoms with Gasteiger partial charge in [0.25, 0.3) is 0 Å². The first-order valence-electron chi connectivity index (χ1n) is 1.92. The van der Waals surface area contributed by atoms with Crippen LogP contribution in [0.3, 0.4) is 0 Å². The molecule has 1 aromatic heterocycles. The molecule has 0 radical (unpaired) electrons. The summed E-state index contributed by atoms with van der Waals surface area (Å²) in [5.74, 6) is 8.00. The average molecular weight is 113 g/mol. The van der Waals surface area contributed by atoms with Gasteiger partial charge in [-0.15, -0.1) is 10.2 Å². The van der Waals surface area contributed by atoms with E-state index in [-0.39, 0.29) is 0 Å². The fraction of sp³-hybridized carbons (Fsp3) is 0. The minimum Gasteiger partial charge on any atom is -0.274 e. The molecule has 5 heteroatoms. The Balaban J connectivity index is 0.000000222. The first-order valence-corrected chi connectivity index (χ1v) is 1.92. The van der Waals surface area contributed by atoms with Crippen LogP contribution in [-0.2, 0) is 0 Å².